The number of amides is 2. The number of carbonyl (C=O) groups is 2. The van der Waals surface area contributed by atoms with Gasteiger partial charge >= 0.3 is 0 Å². The van der Waals surface area contributed by atoms with Crippen LogP contribution in [0.15, 0.2) is 18.2 Å². The molecule has 102 valence electrons. The molecule has 1 fully saturated rings. The van der Waals surface area contributed by atoms with E-state index in [1.54, 1.807) is 18.2 Å². The maximum absolute atomic E-state index is 11.8. The van der Waals surface area contributed by atoms with Crippen LogP contribution in [0.2, 0.25) is 0 Å². The van der Waals surface area contributed by atoms with E-state index >= 15 is 0 Å². The van der Waals surface area contributed by atoms with Crippen LogP contribution in [0.3, 0.4) is 0 Å². The topological polar surface area (TPSA) is 110 Å². The summed E-state index contributed by atoms with van der Waals surface area (Å²) in [5.41, 5.74) is 12.6. The molecule has 0 bridgehead atoms. The molecule has 2 amide bonds. The fourth-order valence-corrected chi connectivity index (χ4v) is 1.76. The highest BCUT2D eigenvalue weighted by atomic mass is 16.2. The number of hydrogen-bond acceptors (Lipinski definition) is 4. The Labute approximate surface area is 111 Å². The van der Waals surface area contributed by atoms with Crippen molar-refractivity contribution < 1.29 is 9.59 Å². The van der Waals surface area contributed by atoms with Gasteiger partial charge in [0.15, 0.2) is 0 Å². The number of nitrogens with two attached hydrogens (primary N) is 2. The molecule has 0 saturated heterocycles. The second kappa shape index (κ2) is 5.60. The minimum atomic E-state index is -0.250. The summed E-state index contributed by atoms with van der Waals surface area (Å²) in [5, 5.41) is 5.47. The summed E-state index contributed by atoms with van der Waals surface area (Å²) >= 11 is 0. The van der Waals surface area contributed by atoms with Crippen molar-refractivity contribution in [1.82, 2.24) is 10.6 Å². The van der Waals surface area contributed by atoms with Crippen molar-refractivity contribution in [3.05, 3.63) is 23.8 Å². The maximum Gasteiger partial charge on any atom is 0.251 e. The quantitative estimate of drug-likeness (QED) is 0.446. The van der Waals surface area contributed by atoms with E-state index in [4.69, 9.17) is 11.5 Å². The number of nitrogens with one attached hydrogen (secondary N) is 2. The maximum atomic E-state index is 11.8. The van der Waals surface area contributed by atoms with Gasteiger partial charge in [0, 0.05) is 35.9 Å². The van der Waals surface area contributed by atoms with Crippen LogP contribution in [0.1, 0.15) is 23.2 Å². The normalized spacial score (nSPS) is 13.9. The second-order valence-corrected chi connectivity index (χ2v) is 4.71. The van der Waals surface area contributed by atoms with Crippen LogP contribution in [0.25, 0.3) is 0 Å². The largest absolute Gasteiger partial charge is 0.399 e. The standard InChI is InChI=1S/C13H18N4O2/c14-10-5-9(6-11(15)7-10)13(19)17-4-3-16-12(18)8-1-2-8/h5-8H,1-4,14-15H2,(H,16,18)(H,17,19). The lowest BCUT2D eigenvalue weighted by Crippen LogP contribution is -2.35. The average Bonchev–Trinajstić information content (AvgIpc) is 3.17. The van der Waals surface area contributed by atoms with Gasteiger partial charge in [0.25, 0.3) is 5.91 Å². The first kappa shape index (κ1) is 13.2. The third kappa shape index (κ3) is 3.87. The van der Waals surface area contributed by atoms with Crippen LogP contribution in [0, 0.1) is 5.92 Å². The predicted octanol–water partition coefficient (Wildman–Crippen LogP) is 0.107. The molecule has 2 rings (SSSR count). The van der Waals surface area contributed by atoms with Gasteiger partial charge in [0.05, 0.1) is 0 Å². The van der Waals surface area contributed by atoms with Crippen LogP contribution in [-0.2, 0) is 4.79 Å². The van der Waals surface area contributed by atoms with E-state index in [1.165, 1.54) is 0 Å². The highest BCUT2D eigenvalue weighted by Crippen LogP contribution is 2.28. The average molecular weight is 262 g/mol. The smallest absolute Gasteiger partial charge is 0.251 e. The van der Waals surface area contributed by atoms with Crippen molar-refractivity contribution in [2.75, 3.05) is 24.6 Å². The number of nitrogen functional groups attached to an aromatic ring is 2. The van der Waals surface area contributed by atoms with Gasteiger partial charge in [-0.3, -0.25) is 9.59 Å². The Bertz CT molecular complexity index is 477. The molecule has 0 radical (unpaired) electrons. The third-order valence-electron chi connectivity index (χ3n) is 2.90. The summed E-state index contributed by atoms with van der Waals surface area (Å²) in [5.74, 6) is 0.00606. The van der Waals surface area contributed by atoms with E-state index in [1.807, 2.05) is 0 Å². The van der Waals surface area contributed by atoms with Crippen molar-refractivity contribution in [3.63, 3.8) is 0 Å². The molecule has 0 atom stereocenters. The van der Waals surface area contributed by atoms with E-state index in [9.17, 15) is 9.59 Å². The lowest BCUT2D eigenvalue weighted by molar-refractivity contribution is -0.122. The molecule has 0 aliphatic heterocycles. The van der Waals surface area contributed by atoms with Gasteiger partial charge in [-0.05, 0) is 31.0 Å². The summed E-state index contributed by atoms with van der Waals surface area (Å²) in [6.07, 6.45) is 1.95. The minimum Gasteiger partial charge on any atom is -0.399 e. The third-order valence-corrected chi connectivity index (χ3v) is 2.90. The first-order valence-corrected chi connectivity index (χ1v) is 6.28. The molecule has 1 saturated carbocycles. The van der Waals surface area contributed by atoms with Crippen molar-refractivity contribution in [2.45, 2.75) is 12.8 Å². The van der Waals surface area contributed by atoms with Gasteiger partial charge in [-0.2, -0.15) is 0 Å². The van der Waals surface area contributed by atoms with Crippen LogP contribution >= 0.6 is 0 Å². The summed E-state index contributed by atoms with van der Waals surface area (Å²) in [4.78, 5) is 23.2. The zero-order valence-electron chi connectivity index (χ0n) is 10.6. The fraction of sp³-hybridized carbons (Fsp3) is 0.385. The number of carbonyl (C=O) groups excluding carboxylic acids is 2. The molecule has 6 N–H and O–H groups in total. The Kier molecular flexibility index (Phi) is 3.89. The van der Waals surface area contributed by atoms with Crippen molar-refractivity contribution in [2.24, 2.45) is 5.92 Å². The Morgan fingerprint density at radius 2 is 1.63 bits per heavy atom. The zero-order chi connectivity index (χ0) is 13.8. The molecule has 1 aliphatic rings. The van der Waals surface area contributed by atoms with E-state index in [-0.39, 0.29) is 17.7 Å². The van der Waals surface area contributed by atoms with E-state index < -0.39 is 0 Å². The monoisotopic (exact) mass is 262 g/mol. The molecule has 1 aromatic carbocycles. The highest BCUT2D eigenvalue weighted by Gasteiger charge is 2.28. The molecule has 0 heterocycles. The van der Waals surface area contributed by atoms with Crippen LogP contribution in [0.4, 0.5) is 11.4 Å². The van der Waals surface area contributed by atoms with E-state index in [0.717, 1.165) is 12.8 Å². The predicted molar refractivity (Wildman–Crippen MR) is 73.3 cm³/mol. The Balaban J connectivity index is 1.75. The van der Waals surface area contributed by atoms with Gasteiger partial charge in [-0.15, -0.1) is 0 Å². The first-order chi connectivity index (χ1) is 9.06. The van der Waals surface area contributed by atoms with E-state index in [2.05, 4.69) is 10.6 Å². The molecular weight excluding hydrogens is 244 g/mol. The van der Waals surface area contributed by atoms with Crippen LogP contribution < -0.4 is 22.1 Å². The number of benzene rings is 1. The number of anilines is 2. The summed E-state index contributed by atoms with van der Waals surface area (Å²) < 4.78 is 0. The summed E-state index contributed by atoms with van der Waals surface area (Å²) in [6, 6.07) is 4.72. The van der Waals surface area contributed by atoms with Crippen LogP contribution in [-0.4, -0.2) is 24.9 Å². The van der Waals surface area contributed by atoms with Crippen molar-refractivity contribution >= 4 is 23.2 Å². The SMILES string of the molecule is Nc1cc(N)cc(C(=O)NCCNC(=O)C2CC2)c1. The van der Waals surface area contributed by atoms with Crippen LogP contribution in [0.5, 0.6) is 0 Å². The Morgan fingerprint density at radius 3 is 2.21 bits per heavy atom. The molecule has 6 heteroatoms. The lowest BCUT2D eigenvalue weighted by Gasteiger charge is -2.08. The summed E-state index contributed by atoms with van der Waals surface area (Å²) in [6.45, 7) is 0.810. The highest BCUT2D eigenvalue weighted by molar-refractivity contribution is 5.96. The molecule has 6 nitrogen and oxygen atoms in total. The van der Waals surface area contributed by atoms with Crippen molar-refractivity contribution in [3.8, 4) is 0 Å². The van der Waals surface area contributed by atoms with Gasteiger partial charge in [0.1, 0.15) is 0 Å². The fourth-order valence-electron chi connectivity index (χ4n) is 1.76. The molecule has 0 aromatic heterocycles. The molecule has 1 aliphatic carbocycles. The van der Waals surface area contributed by atoms with E-state index in [0.29, 0.717) is 30.0 Å². The summed E-state index contributed by atoms with van der Waals surface area (Å²) in [7, 11) is 0. The zero-order valence-corrected chi connectivity index (χ0v) is 10.6. The van der Waals surface area contributed by atoms with Gasteiger partial charge in [0.2, 0.25) is 5.91 Å². The molecule has 1 aromatic rings. The van der Waals surface area contributed by atoms with Gasteiger partial charge < -0.3 is 22.1 Å². The van der Waals surface area contributed by atoms with Gasteiger partial charge in [-0.25, -0.2) is 0 Å². The first-order valence-electron chi connectivity index (χ1n) is 6.28. The van der Waals surface area contributed by atoms with Gasteiger partial charge in [-0.1, -0.05) is 0 Å². The minimum absolute atomic E-state index is 0.0717. The second-order valence-electron chi connectivity index (χ2n) is 4.71. The Morgan fingerprint density at radius 1 is 1.05 bits per heavy atom. The number of rotatable bonds is 5. The molecular formula is C13H18N4O2. The molecule has 19 heavy (non-hydrogen) atoms. The molecule has 0 unspecified atom stereocenters. The Hall–Kier alpha value is -2.24. The van der Waals surface area contributed by atoms with Crippen molar-refractivity contribution in [1.29, 1.82) is 0 Å². The molecule has 0 spiro atoms. The lowest BCUT2D eigenvalue weighted by atomic mass is 10.1. The number of hydrogen-bond donors (Lipinski definition) is 4.